The molecule has 0 radical (unpaired) electrons. The molecule has 8 nitrogen and oxygen atoms in total. The Morgan fingerprint density at radius 1 is 1.03 bits per heavy atom. The summed E-state index contributed by atoms with van der Waals surface area (Å²) in [6.07, 6.45) is 2.38. The number of halogens is 2. The van der Waals surface area contributed by atoms with Gasteiger partial charge in [0.25, 0.3) is 5.91 Å². The number of rotatable bonds is 10. The molecule has 3 aromatic rings. The van der Waals surface area contributed by atoms with Crippen LogP contribution in [0.25, 0.3) is 0 Å². The van der Waals surface area contributed by atoms with E-state index >= 15 is 0 Å². The van der Waals surface area contributed by atoms with Crippen molar-refractivity contribution in [3.8, 4) is 11.5 Å². The van der Waals surface area contributed by atoms with Crippen molar-refractivity contribution in [2.24, 2.45) is 5.10 Å². The molecule has 0 saturated carbocycles. The molecule has 184 valence electrons. The Kier molecular flexibility index (Phi) is 8.97. The third kappa shape index (κ3) is 7.88. The van der Waals surface area contributed by atoms with Gasteiger partial charge in [-0.2, -0.15) is 5.10 Å². The first-order chi connectivity index (χ1) is 16.7. The van der Waals surface area contributed by atoms with Crippen LogP contribution in [0.4, 0.5) is 5.69 Å². The molecule has 0 spiro atoms. The second-order valence-corrected chi connectivity index (χ2v) is 10.2. The average Bonchev–Trinajstić information content (AvgIpc) is 2.81. The van der Waals surface area contributed by atoms with Crippen LogP contribution in [0.5, 0.6) is 11.5 Å². The summed E-state index contributed by atoms with van der Waals surface area (Å²) in [5.41, 5.74) is 4.14. The predicted octanol–water partition coefficient (Wildman–Crippen LogP) is 4.50. The highest BCUT2D eigenvalue weighted by molar-refractivity contribution is 7.92. The number of nitrogens with one attached hydrogen (secondary N) is 1. The van der Waals surface area contributed by atoms with Crippen LogP contribution in [0.15, 0.2) is 71.8 Å². The highest BCUT2D eigenvalue weighted by atomic mass is 35.5. The van der Waals surface area contributed by atoms with Gasteiger partial charge in [0.05, 0.1) is 25.3 Å². The van der Waals surface area contributed by atoms with Crippen LogP contribution in [0.3, 0.4) is 0 Å². The van der Waals surface area contributed by atoms with Crippen LogP contribution in [0.1, 0.15) is 11.1 Å². The fraction of sp³-hybridized carbons (Fsp3) is 0.167. The molecule has 0 aliphatic rings. The Hall–Kier alpha value is -3.27. The monoisotopic (exact) mass is 535 g/mol. The molecule has 0 bridgehead atoms. The first kappa shape index (κ1) is 26.3. The van der Waals surface area contributed by atoms with Gasteiger partial charge in [-0.25, -0.2) is 13.8 Å². The zero-order chi connectivity index (χ0) is 25.4. The Labute approximate surface area is 214 Å². The van der Waals surface area contributed by atoms with Gasteiger partial charge in [-0.3, -0.25) is 9.10 Å². The zero-order valence-corrected chi connectivity index (χ0v) is 21.3. The van der Waals surface area contributed by atoms with Gasteiger partial charge in [-0.1, -0.05) is 53.5 Å². The summed E-state index contributed by atoms with van der Waals surface area (Å²) in [5.74, 6) is 0.399. The number of methoxy groups -OCH3 is 1. The highest BCUT2D eigenvalue weighted by Gasteiger charge is 2.21. The molecule has 11 heteroatoms. The number of benzene rings is 3. The van der Waals surface area contributed by atoms with E-state index in [4.69, 9.17) is 32.7 Å². The standard InChI is InChI=1S/C24H23Cl2N3O5S/c1-33-23-10-18(8-9-22(23)34-16-17-6-4-3-5-7-17)14-27-28-24(30)15-29(35(2,31)32)21-12-19(25)11-20(26)13-21/h3-14H,15-16H2,1-2H3,(H,28,30)/b27-14-. The van der Waals surface area contributed by atoms with Crippen molar-refractivity contribution in [1.29, 1.82) is 0 Å². The Morgan fingerprint density at radius 2 is 1.71 bits per heavy atom. The molecule has 35 heavy (non-hydrogen) atoms. The first-order valence-corrected chi connectivity index (χ1v) is 12.9. The van der Waals surface area contributed by atoms with Gasteiger partial charge in [0, 0.05) is 10.0 Å². The molecule has 0 unspecified atom stereocenters. The summed E-state index contributed by atoms with van der Waals surface area (Å²) in [4.78, 5) is 12.4. The van der Waals surface area contributed by atoms with Crippen molar-refractivity contribution in [3.05, 3.63) is 87.9 Å². The average molecular weight is 536 g/mol. The summed E-state index contributed by atoms with van der Waals surface area (Å²) in [7, 11) is -2.27. The van der Waals surface area contributed by atoms with Crippen LogP contribution >= 0.6 is 23.2 Å². The maximum Gasteiger partial charge on any atom is 0.260 e. The predicted molar refractivity (Wildman–Crippen MR) is 138 cm³/mol. The van der Waals surface area contributed by atoms with E-state index in [1.54, 1.807) is 18.2 Å². The first-order valence-electron chi connectivity index (χ1n) is 10.3. The lowest BCUT2D eigenvalue weighted by Gasteiger charge is -2.21. The summed E-state index contributed by atoms with van der Waals surface area (Å²) in [5, 5.41) is 4.39. The second kappa shape index (κ2) is 11.9. The van der Waals surface area contributed by atoms with Gasteiger partial charge in [0.15, 0.2) is 11.5 Å². The molecule has 0 aliphatic heterocycles. The number of nitrogens with zero attached hydrogens (tertiary/aromatic N) is 2. The fourth-order valence-corrected chi connectivity index (χ4v) is 4.40. The molecule has 1 N–H and O–H groups in total. The van der Waals surface area contributed by atoms with Gasteiger partial charge < -0.3 is 9.47 Å². The van der Waals surface area contributed by atoms with Gasteiger partial charge in [-0.05, 0) is 47.5 Å². The summed E-state index contributed by atoms with van der Waals surface area (Å²) >= 11 is 11.9. The zero-order valence-electron chi connectivity index (χ0n) is 18.9. The molecule has 0 aromatic heterocycles. The number of carbonyl (C=O) groups is 1. The van der Waals surface area contributed by atoms with Crippen LogP contribution in [-0.4, -0.2) is 40.4 Å². The molecule has 0 heterocycles. The molecule has 0 fully saturated rings. The van der Waals surface area contributed by atoms with Crippen molar-refractivity contribution in [3.63, 3.8) is 0 Å². The van der Waals surface area contributed by atoms with Crippen LogP contribution in [-0.2, 0) is 21.4 Å². The topological polar surface area (TPSA) is 97.3 Å². The Morgan fingerprint density at radius 3 is 2.34 bits per heavy atom. The van der Waals surface area contributed by atoms with E-state index in [1.165, 1.54) is 31.5 Å². The SMILES string of the molecule is COc1cc(/C=N\NC(=O)CN(c2cc(Cl)cc(Cl)c2)S(C)(=O)=O)ccc1OCc1ccccc1. The van der Waals surface area contributed by atoms with Crippen molar-refractivity contribution in [2.75, 3.05) is 24.2 Å². The Balaban J connectivity index is 1.64. The van der Waals surface area contributed by atoms with Gasteiger partial charge in [-0.15, -0.1) is 0 Å². The number of hydrazone groups is 1. The van der Waals surface area contributed by atoms with Crippen LogP contribution < -0.4 is 19.2 Å². The van der Waals surface area contributed by atoms with Crippen molar-refractivity contribution < 1.29 is 22.7 Å². The van der Waals surface area contributed by atoms with E-state index in [0.29, 0.717) is 23.7 Å². The van der Waals surface area contributed by atoms with E-state index < -0.39 is 22.5 Å². The van der Waals surface area contributed by atoms with Gasteiger partial charge in [0.2, 0.25) is 10.0 Å². The maximum absolute atomic E-state index is 12.4. The molecule has 0 aliphatic carbocycles. The number of carbonyl (C=O) groups excluding carboxylic acids is 1. The Bertz CT molecular complexity index is 1300. The number of anilines is 1. The normalized spacial score (nSPS) is 11.3. The molecule has 3 aromatic carbocycles. The molecule has 0 saturated heterocycles. The van der Waals surface area contributed by atoms with Gasteiger partial charge in [0.1, 0.15) is 13.2 Å². The minimum Gasteiger partial charge on any atom is -0.493 e. The van der Waals surface area contributed by atoms with E-state index in [2.05, 4.69) is 10.5 Å². The lowest BCUT2D eigenvalue weighted by atomic mass is 10.2. The number of hydrogen-bond acceptors (Lipinski definition) is 6. The van der Waals surface area contributed by atoms with Crippen LogP contribution in [0.2, 0.25) is 10.0 Å². The van der Waals surface area contributed by atoms with Crippen molar-refractivity contribution in [1.82, 2.24) is 5.43 Å². The highest BCUT2D eigenvalue weighted by Crippen LogP contribution is 2.29. The minimum atomic E-state index is -3.79. The third-order valence-electron chi connectivity index (χ3n) is 4.65. The van der Waals surface area contributed by atoms with Crippen molar-refractivity contribution in [2.45, 2.75) is 6.61 Å². The summed E-state index contributed by atoms with van der Waals surface area (Å²) in [6, 6.07) is 19.2. The fourth-order valence-electron chi connectivity index (χ4n) is 3.05. The summed E-state index contributed by atoms with van der Waals surface area (Å²) in [6.45, 7) is -0.127. The molecule has 1 amide bonds. The smallest absolute Gasteiger partial charge is 0.260 e. The summed E-state index contributed by atoms with van der Waals surface area (Å²) < 4.78 is 36.6. The van der Waals surface area contributed by atoms with Gasteiger partial charge >= 0.3 is 0 Å². The molecular formula is C24H23Cl2N3O5S. The van der Waals surface area contributed by atoms with E-state index in [0.717, 1.165) is 16.1 Å². The molecule has 3 rings (SSSR count). The lowest BCUT2D eigenvalue weighted by Crippen LogP contribution is -2.39. The van der Waals surface area contributed by atoms with E-state index in [1.807, 2.05) is 30.3 Å². The van der Waals surface area contributed by atoms with Crippen LogP contribution in [0, 0.1) is 0 Å². The second-order valence-electron chi connectivity index (χ2n) is 7.38. The third-order valence-corrected chi connectivity index (χ3v) is 6.23. The van der Waals surface area contributed by atoms with E-state index in [9.17, 15) is 13.2 Å². The largest absolute Gasteiger partial charge is 0.493 e. The quantitative estimate of drug-likeness (QED) is 0.304. The molecular weight excluding hydrogens is 513 g/mol. The number of amides is 1. The maximum atomic E-state index is 12.4. The van der Waals surface area contributed by atoms with E-state index in [-0.39, 0.29) is 15.7 Å². The number of hydrogen-bond donors (Lipinski definition) is 1. The number of ether oxygens (including phenoxy) is 2. The van der Waals surface area contributed by atoms with Crippen molar-refractivity contribution >= 4 is 51.0 Å². The molecule has 0 atom stereocenters. The minimum absolute atomic E-state index is 0.167. The lowest BCUT2D eigenvalue weighted by molar-refractivity contribution is -0.119. The number of sulfonamides is 1.